The molecule has 0 aliphatic carbocycles. The van der Waals surface area contributed by atoms with E-state index in [1.165, 1.54) is 19.6 Å². The minimum absolute atomic E-state index is 0.0191. The minimum Gasteiger partial charge on any atom is -0.497 e. The third-order valence-electron chi connectivity index (χ3n) is 4.95. The number of nitrogens with one attached hydrogen (secondary N) is 3. The minimum atomic E-state index is -1.15. The number of hydrogen-bond acceptors (Lipinski definition) is 5. The summed E-state index contributed by atoms with van der Waals surface area (Å²) >= 11 is 0. The Bertz CT molecular complexity index is 1080. The Morgan fingerprint density at radius 1 is 1.23 bits per heavy atom. The molecule has 1 saturated heterocycles. The predicted molar refractivity (Wildman–Crippen MR) is 107 cm³/mol. The van der Waals surface area contributed by atoms with Crippen LogP contribution < -0.4 is 20.7 Å². The molecule has 0 unspecified atom stereocenters. The van der Waals surface area contributed by atoms with E-state index >= 15 is 0 Å². The molecule has 3 amide bonds. The number of urea groups is 1. The van der Waals surface area contributed by atoms with Gasteiger partial charge < -0.3 is 25.1 Å². The zero-order valence-electron chi connectivity index (χ0n) is 16.3. The summed E-state index contributed by atoms with van der Waals surface area (Å²) in [6.07, 6.45) is 2.97. The van der Waals surface area contributed by atoms with Crippen molar-refractivity contribution in [3.63, 3.8) is 0 Å². The maximum Gasteiger partial charge on any atom is 0.319 e. The second-order valence-corrected chi connectivity index (χ2v) is 6.85. The molecular weight excluding hydrogens is 410 g/mol. The lowest BCUT2D eigenvalue weighted by atomic mass is 9.93. The molecule has 3 aromatic rings. The van der Waals surface area contributed by atoms with Crippen molar-refractivity contribution in [3.05, 3.63) is 66.1 Å². The van der Waals surface area contributed by atoms with Crippen LogP contribution in [-0.4, -0.2) is 36.6 Å². The van der Waals surface area contributed by atoms with Gasteiger partial charge in [0.2, 0.25) is 11.8 Å². The predicted octanol–water partition coefficient (Wildman–Crippen LogP) is 3.03. The number of methoxy groups -OCH3 is 1. The lowest BCUT2D eigenvalue weighted by Gasteiger charge is -2.20. The number of rotatable bonds is 5. The van der Waals surface area contributed by atoms with Crippen LogP contribution in [0.15, 0.2) is 53.3 Å². The highest BCUT2D eigenvalue weighted by atomic mass is 19.1. The molecule has 1 aromatic heterocycles. The molecule has 0 saturated carbocycles. The van der Waals surface area contributed by atoms with Crippen molar-refractivity contribution in [3.8, 4) is 17.2 Å². The Kier molecular flexibility index (Phi) is 5.52. The van der Waals surface area contributed by atoms with E-state index in [1.54, 1.807) is 24.3 Å². The van der Waals surface area contributed by atoms with Gasteiger partial charge in [-0.25, -0.2) is 18.6 Å². The van der Waals surface area contributed by atoms with E-state index in [-0.39, 0.29) is 17.9 Å². The molecule has 160 valence electrons. The smallest absolute Gasteiger partial charge is 0.319 e. The highest BCUT2D eigenvalue weighted by Crippen LogP contribution is 2.31. The standard InChI is InChI=1S/C21H18F2N4O4/c1-30-13-8-15(22)17(16(23)9-13)14-10-25-19(28)18(14)27-21(29)26-12-4-2-11(3-5-12)20-24-6-7-31-20/h2-9,14,18H,10H2,1H3,(H,25,28)(H2,26,27,29)/t14-,18-/m0/s1. The Hall–Kier alpha value is -3.95. The number of aromatic nitrogens is 1. The van der Waals surface area contributed by atoms with Crippen molar-refractivity contribution in [2.75, 3.05) is 19.0 Å². The van der Waals surface area contributed by atoms with E-state index in [0.717, 1.165) is 17.7 Å². The summed E-state index contributed by atoms with van der Waals surface area (Å²) in [5.74, 6) is -2.71. The van der Waals surface area contributed by atoms with Crippen molar-refractivity contribution in [1.82, 2.24) is 15.6 Å². The molecule has 0 radical (unpaired) electrons. The first-order valence-corrected chi connectivity index (χ1v) is 9.34. The number of carbonyl (C=O) groups excluding carboxylic acids is 2. The van der Waals surface area contributed by atoms with Crippen LogP contribution in [0.4, 0.5) is 19.3 Å². The van der Waals surface area contributed by atoms with Gasteiger partial charge in [0, 0.05) is 41.4 Å². The number of carbonyl (C=O) groups is 2. The van der Waals surface area contributed by atoms with Crippen LogP contribution >= 0.6 is 0 Å². The van der Waals surface area contributed by atoms with Gasteiger partial charge in [-0.1, -0.05) is 0 Å². The van der Waals surface area contributed by atoms with Crippen LogP contribution in [0.3, 0.4) is 0 Å². The maximum absolute atomic E-state index is 14.5. The molecule has 2 heterocycles. The molecule has 3 N–H and O–H groups in total. The molecule has 1 fully saturated rings. The third kappa shape index (κ3) is 4.18. The largest absolute Gasteiger partial charge is 0.497 e. The Balaban J connectivity index is 1.47. The van der Waals surface area contributed by atoms with Gasteiger partial charge in [0.1, 0.15) is 29.7 Å². The quantitative estimate of drug-likeness (QED) is 0.579. The first-order valence-electron chi connectivity index (χ1n) is 9.34. The Labute approximate surface area is 175 Å². The summed E-state index contributed by atoms with van der Waals surface area (Å²) in [6.45, 7) is -0.0191. The van der Waals surface area contributed by atoms with Crippen LogP contribution in [0.5, 0.6) is 5.75 Å². The molecule has 8 nitrogen and oxygen atoms in total. The average Bonchev–Trinajstić information content (AvgIpc) is 3.40. The number of hydrogen-bond donors (Lipinski definition) is 3. The fraction of sp³-hybridized carbons (Fsp3) is 0.190. The lowest BCUT2D eigenvalue weighted by Crippen LogP contribution is -2.45. The van der Waals surface area contributed by atoms with Crippen molar-refractivity contribution in [1.29, 1.82) is 0 Å². The van der Waals surface area contributed by atoms with Gasteiger partial charge in [0.05, 0.1) is 13.3 Å². The van der Waals surface area contributed by atoms with Gasteiger partial charge in [-0.15, -0.1) is 0 Å². The van der Waals surface area contributed by atoms with E-state index < -0.39 is 35.5 Å². The molecule has 0 spiro atoms. The molecule has 10 heteroatoms. The van der Waals surface area contributed by atoms with Crippen LogP contribution in [0.2, 0.25) is 0 Å². The molecule has 1 aliphatic rings. The van der Waals surface area contributed by atoms with Crippen molar-refractivity contribution in [2.24, 2.45) is 0 Å². The van der Waals surface area contributed by atoms with Crippen LogP contribution in [-0.2, 0) is 4.79 Å². The van der Waals surface area contributed by atoms with Gasteiger partial charge in [0.15, 0.2) is 0 Å². The first-order chi connectivity index (χ1) is 15.0. The van der Waals surface area contributed by atoms with E-state index in [9.17, 15) is 18.4 Å². The maximum atomic E-state index is 14.5. The van der Waals surface area contributed by atoms with Gasteiger partial charge in [0.25, 0.3) is 0 Å². The number of nitrogens with zero attached hydrogens (tertiary/aromatic N) is 1. The van der Waals surface area contributed by atoms with Crippen LogP contribution in [0, 0.1) is 11.6 Å². The third-order valence-corrected chi connectivity index (χ3v) is 4.95. The zero-order valence-corrected chi connectivity index (χ0v) is 16.3. The summed E-state index contributed by atoms with van der Waals surface area (Å²) in [6, 6.07) is 6.90. The number of ether oxygens (including phenoxy) is 1. The fourth-order valence-electron chi connectivity index (χ4n) is 3.46. The summed E-state index contributed by atoms with van der Waals surface area (Å²) in [5.41, 5.74) is 0.876. The van der Waals surface area contributed by atoms with E-state index in [1.807, 2.05) is 0 Å². The highest BCUT2D eigenvalue weighted by molar-refractivity contribution is 5.95. The average molecular weight is 428 g/mol. The topological polar surface area (TPSA) is 105 Å². The van der Waals surface area contributed by atoms with Gasteiger partial charge in [-0.05, 0) is 24.3 Å². The summed E-state index contributed by atoms with van der Waals surface area (Å²) in [7, 11) is 1.29. The SMILES string of the molecule is COc1cc(F)c([C@@H]2CNC(=O)[C@H]2NC(=O)Nc2ccc(-c3ncco3)cc2)c(F)c1. The summed E-state index contributed by atoms with van der Waals surface area (Å²) in [5, 5.41) is 7.62. The fourth-order valence-corrected chi connectivity index (χ4v) is 3.46. The lowest BCUT2D eigenvalue weighted by molar-refractivity contribution is -0.120. The van der Waals surface area contributed by atoms with Gasteiger partial charge in [-0.2, -0.15) is 0 Å². The summed E-state index contributed by atoms with van der Waals surface area (Å²) < 4.78 is 39.0. The van der Waals surface area contributed by atoms with E-state index in [2.05, 4.69) is 20.9 Å². The van der Waals surface area contributed by atoms with Crippen molar-refractivity contribution >= 4 is 17.6 Å². The molecule has 1 aliphatic heterocycles. The number of anilines is 1. The molecule has 0 bridgehead atoms. The molecule has 31 heavy (non-hydrogen) atoms. The zero-order chi connectivity index (χ0) is 22.0. The number of benzene rings is 2. The number of halogens is 2. The second-order valence-electron chi connectivity index (χ2n) is 6.85. The molecular formula is C21H18F2N4O4. The van der Waals surface area contributed by atoms with E-state index in [4.69, 9.17) is 9.15 Å². The number of amides is 3. The molecule has 2 aromatic carbocycles. The van der Waals surface area contributed by atoms with Crippen LogP contribution in [0.25, 0.3) is 11.5 Å². The van der Waals surface area contributed by atoms with Crippen molar-refractivity contribution < 1.29 is 27.5 Å². The first kappa shape index (κ1) is 20.3. The monoisotopic (exact) mass is 428 g/mol. The Morgan fingerprint density at radius 3 is 2.55 bits per heavy atom. The summed E-state index contributed by atoms with van der Waals surface area (Å²) in [4.78, 5) is 28.7. The van der Waals surface area contributed by atoms with E-state index in [0.29, 0.717) is 11.6 Å². The van der Waals surface area contributed by atoms with Crippen LogP contribution in [0.1, 0.15) is 11.5 Å². The molecule has 2 atom stereocenters. The Morgan fingerprint density at radius 2 is 1.94 bits per heavy atom. The van der Waals surface area contributed by atoms with Gasteiger partial charge >= 0.3 is 6.03 Å². The number of oxazole rings is 1. The normalized spacial score (nSPS) is 17.8. The second kappa shape index (κ2) is 8.42. The molecule has 4 rings (SSSR count). The van der Waals surface area contributed by atoms with Crippen molar-refractivity contribution in [2.45, 2.75) is 12.0 Å². The highest BCUT2D eigenvalue weighted by Gasteiger charge is 2.40. The van der Waals surface area contributed by atoms with Gasteiger partial charge in [-0.3, -0.25) is 4.79 Å².